The lowest BCUT2D eigenvalue weighted by molar-refractivity contribution is 0.0932. The number of carbonyl (C=O) groups is 1. The van der Waals surface area contributed by atoms with Crippen LogP contribution in [-0.4, -0.2) is 28.6 Å². The van der Waals surface area contributed by atoms with E-state index in [0.717, 1.165) is 22.7 Å². The van der Waals surface area contributed by atoms with E-state index in [1.165, 1.54) is 11.3 Å². The molecule has 0 saturated heterocycles. The van der Waals surface area contributed by atoms with E-state index in [0.29, 0.717) is 11.3 Å². The highest BCUT2D eigenvalue weighted by atomic mass is 32.1. The predicted molar refractivity (Wildman–Crippen MR) is 83.4 cm³/mol. The van der Waals surface area contributed by atoms with Crippen LogP contribution in [0.5, 0.6) is 0 Å². The van der Waals surface area contributed by atoms with Crippen LogP contribution >= 0.6 is 22.7 Å². The van der Waals surface area contributed by atoms with E-state index in [1.807, 2.05) is 30.7 Å². The lowest BCUT2D eigenvalue weighted by Crippen LogP contribution is -2.34. The lowest BCUT2D eigenvalue weighted by Gasteiger charge is -2.14. The van der Waals surface area contributed by atoms with Crippen LogP contribution in [0.4, 0.5) is 0 Å². The molecule has 2 aromatic rings. The highest BCUT2D eigenvalue weighted by molar-refractivity contribution is 7.17. The molecule has 0 aliphatic heterocycles. The number of amides is 1. The van der Waals surface area contributed by atoms with E-state index in [-0.39, 0.29) is 18.6 Å². The van der Waals surface area contributed by atoms with Gasteiger partial charge in [-0.15, -0.1) is 11.3 Å². The quantitative estimate of drug-likeness (QED) is 0.862. The molecule has 4 nitrogen and oxygen atoms in total. The molecule has 20 heavy (non-hydrogen) atoms. The van der Waals surface area contributed by atoms with Crippen LogP contribution in [0.25, 0.3) is 10.6 Å². The largest absolute Gasteiger partial charge is 0.396 e. The zero-order valence-electron chi connectivity index (χ0n) is 11.5. The first-order chi connectivity index (χ1) is 9.65. The zero-order valence-corrected chi connectivity index (χ0v) is 13.2. The lowest BCUT2D eigenvalue weighted by atomic mass is 10.1. The third kappa shape index (κ3) is 3.45. The SMILES string of the molecule is CCC(CCO)NC(=O)c1sc(-c2ccsc2)nc1C. The summed E-state index contributed by atoms with van der Waals surface area (Å²) in [5.41, 5.74) is 1.82. The summed E-state index contributed by atoms with van der Waals surface area (Å²) in [6.07, 6.45) is 1.39. The molecule has 0 saturated carbocycles. The number of aryl methyl sites for hydroxylation is 1. The van der Waals surface area contributed by atoms with E-state index < -0.39 is 0 Å². The van der Waals surface area contributed by atoms with E-state index in [9.17, 15) is 4.79 Å². The second-order valence-electron chi connectivity index (χ2n) is 4.54. The molecular weight excluding hydrogens is 292 g/mol. The number of rotatable bonds is 6. The number of aromatic nitrogens is 1. The fraction of sp³-hybridized carbons (Fsp3) is 0.429. The van der Waals surface area contributed by atoms with Crippen molar-refractivity contribution in [3.8, 4) is 10.6 Å². The van der Waals surface area contributed by atoms with Gasteiger partial charge in [0.25, 0.3) is 5.91 Å². The molecule has 1 amide bonds. The maximum Gasteiger partial charge on any atom is 0.263 e. The number of hydrogen-bond donors (Lipinski definition) is 2. The Labute approximate surface area is 126 Å². The Hall–Kier alpha value is -1.24. The Morgan fingerprint density at radius 1 is 1.55 bits per heavy atom. The minimum Gasteiger partial charge on any atom is -0.396 e. The van der Waals surface area contributed by atoms with Gasteiger partial charge in [-0.05, 0) is 31.2 Å². The van der Waals surface area contributed by atoms with Gasteiger partial charge in [-0.2, -0.15) is 11.3 Å². The third-order valence-electron chi connectivity index (χ3n) is 3.08. The number of hydrogen-bond acceptors (Lipinski definition) is 5. The number of aliphatic hydroxyl groups is 1. The van der Waals surface area contributed by atoms with Crippen molar-refractivity contribution < 1.29 is 9.90 Å². The second kappa shape index (κ2) is 6.97. The van der Waals surface area contributed by atoms with E-state index in [1.54, 1.807) is 11.3 Å². The summed E-state index contributed by atoms with van der Waals surface area (Å²) in [4.78, 5) is 17.4. The maximum absolute atomic E-state index is 12.3. The topological polar surface area (TPSA) is 62.2 Å². The van der Waals surface area contributed by atoms with Gasteiger partial charge < -0.3 is 10.4 Å². The number of thiazole rings is 1. The van der Waals surface area contributed by atoms with Gasteiger partial charge in [-0.25, -0.2) is 4.98 Å². The number of thiophene rings is 1. The normalized spacial score (nSPS) is 12.3. The summed E-state index contributed by atoms with van der Waals surface area (Å²) < 4.78 is 0. The standard InChI is InChI=1S/C14H18N2O2S2/c1-3-11(4-6-17)16-13(18)12-9(2)15-14(20-12)10-5-7-19-8-10/h5,7-8,11,17H,3-4,6H2,1-2H3,(H,16,18). The van der Waals surface area contributed by atoms with Gasteiger partial charge in [-0.3, -0.25) is 4.79 Å². The number of nitrogens with zero attached hydrogens (tertiary/aromatic N) is 1. The van der Waals surface area contributed by atoms with Crippen LogP contribution in [0, 0.1) is 6.92 Å². The highest BCUT2D eigenvalue weighted by Crippen LogP contribution is 2.29. The van der Waals surface area contributed by atoms with Crippen LogP contribution in [0.3, 0.4) is 0 Å². The summed E-state index contributed by atoms with van der Waals surface area (Å²) in [5, 5.41) is 16.8. The van der Waals surface area contributed by atoms with Crippen LogP contribution in [0.15, 0.2) is 16.8 Å². The molecule has 1 unspecified atom stereocenters. The number of nitrogens with one attached hydrogen (secondary N) is 1. The average Bonchev–Trinajstić information content (AvgIpc) is 3.06. The first-order valence-electron chi connectivity index (χ1n) is 6.57. The molecule has 0 aliphatic rings. The van der Waals surface area contributed by atoms with Crippen molar-refractivity contribution in [1.82, 2.24) is 10.3 Å². The van der Waals surface area contributed by atoms with Crippen LogP contribution in [0.1, 0.15) is 35.1 Å². The van der Waals surface area contributed by atoms with Crippen molar-refractivity contribution in [1.29, 1.82) is 0 Å². The summed E-state index contributed by atoms with van der Waals surface area (Å²) >= 11 is 3.03. The molecule has 6 heteroatoms. The summed E-state index contributed by atoms with van der Waals surface area (Å²) in [7, 11) is 0. The highest BCUT2D eigenvalue weighted by Gasteiger charge is 2.18. The van der Waals surface area contributed by atoms with Gasteiger partial charge >= 0.3 is 0 Å². The molecule has 0 aliphatic carbocycles. The van der Waals surface area contributed by atoms with Crippen LogP contribution < -0.4 is 5.32 Å². The van der Waals surface area contributed by atoms with Gasteiger partial charge in [-0.1, -0.05) is 6.92 Å². The molecule has 0 fully saturated rings. The van der Waals surface area contributed by atoms with E-state index in [4.69, 9.17) is 5.11 Å². The van der Waals surface area contributed by atoms with Crippen molar-refractivity contribution in [3.05, 3.63) is 27.4 Å². The van der Waals surface area contributed by atoms with Crippen molar-refractivity contribution in [2.24, 2.45) is 0 Å². The summed E-state index contributed by atoms with van der Waals surface area (Å²) in [6, 6.07) is 2.02. The first-order valence-corrected chi connectivity index (χ1v) is 8.33. The molecule has 2 aromatic heterocycles. The van der Waals surface area contributed by atoms with Crippen LogP contribution in [0.2, 0.25) is 0 Å². The Kier molecular flexibility index (Phi) is 5.28. The zero-order chi connectivity index (χ0) is 14.5. The molecule has 0 spiro atoms. The average molecular weight is 310 g/mol. The first kappa shape index (κ1) is 15.2. The fourth-order valence-corrected chi connectivity index (χ4v) is 3.58. The molecule has 2 N–H and O–H groups in total. The fourth-order valence-electron chi connectivity index (χ4n) is 1.90. The third-order valence-corrected chi connectivity index (χ3v) is 4.97. The molecular formula is C14H18N2O2S2. The van der Waals surface area contributed by atoms with Crippen LogP contribution in [-0.2, 0) is 0 Å². The number of carbonyl (C=O) groups excluding carboxylic acids is 1. The molecule has 0 aromatic carbocycles. The van der Waals surface area contributed by atoms with Gasteiger partial charge in [0.15, 0.2) is 0 Å². The molecule has 0 bridgehead atoms. The second-order valence-corrected chi connectivity index (χ2v) is 6.32. The molecule has 2 heterocycles. The van der Waals surface area contributed by atoms with Gasteiger partial charge in [0, 0.05) is 23.6 Å². The Balaban J connectivity index is 2.14. The van der Waals surface area contributed by atoms with Gasteiger partial charge in [0.05, 0.1) is 5.69 Å². The molecule has 1 atom stereocenters. The monoisotopic (exact) mass is 310 g/mol. The Morgan fingerprint density at radius 2 is 2.35 bits per heavy atom. The summed E-state index contributed by atoms with van der Waals surface area (Å²) in [6.45, 7) is 3.94. The minimum absolute atomic E-state index is 0.0126. The van der Waals surface area contributed by atoms with Crippen molar-refractivity contribution in [2.75, 3.05) is 6.61 Å². The minimum atomic E-state index is -0.0956. The number of aliphatic hydroxyl groups excluding tert-OH is 1. The van der Waals surface area contributed by atoms with Gasteiger partial charge in [0.1, 0.15) is 9.88 Å². The molecule has 2 rings (SSSR count). The van der Waals surface area contributed by atoms with Crippen molar-refractivity contribution >= 4 is 28.6 Å². The maximum atomic E-state index is 12.3. The molecule has 0 radical (unpaired) electrons. The Bertz CT molecular complexity index is 564. The summed E-state index contributed by atoms with van der Waals surface area (Å²) in [5.74, 6) is -0.0956. The van der Waals surface area contributed by atoms with E-state index in [2.05, 4.69) is 10.3 Å². The predicted octanol–water partition coefficient (Wildman–Crippen LogP) is 3.07. The Morgan fingerprint density at radius 3 is 2.95 bits per heavy atom. The molecule has 108 valence electrons. The smallest absolute Gasteiger partial charge is 0.263 e. The van der Waals surface area contributed by atoms with Crippen molar-refractivity contribution in [2.45, 2.75) is 32.7 Å². The van der Waals surface area contributed by atoms with E-state index >= 15 is 0 Å². The van der Waals surface area contributed by atoms with Crippen molar-refractivity contribution in [3.63, 3.8) is 0 Å². The van der Waals surface area contributed by atoms with Gasteiger partial charge in [0.2, 0.25) is 0 Å².